The molecule has 0 atom stereocenters. The van der Waals surface area contributed by atoms with Crippen LogP contribution in [0.5, 0.6) is 0 Å². The van der Waals surface area contributed by atoms with Crippen LogP contribution >= 0.6 is 0 Å². The highest BCUT2D eigenvalue weighted by atomic mass is 16.2. The summed E-state index contributed by atoms with van der Waals surface area (Å²) in [5.41, 5.74) is 2.78. The molecule has 5 heteroatoms. The number of benzene rings is 1. The van der Waals surface area contributed by atoms with Crippen LogP contribution in [0.15, 0.2) is 18.2 Å². The SMILES string of the molecule is Cc1cc(C)cc(C(=O)N2CC(N3C(=O)CCC3=O)C2)c1. The van der Waals surface area contributed by atoms with Gasteiger partial charge in [0.25, 0.3) is 5.91 Å². The quantitative estimate of drug-likeness (QED) is 0.769. The summed E-state index contributed by atoms with van der Waals surface area (Å²) in [7, 11) is 0. The normalized spacial score (nSPS) is 19.1. The van der Waals surface area contributed by atoms with E-state index in [9.17, 15) is 14.4 Å². The Hall–Kier alpha value is -2.17. The first-order valence-electron chi connectivity index (χ1n) is 7.18. The summed E-state index contributed by atoms with van der Waals surface area (Å²) in [6, 6.07) is 5.63. The second-order valence-corrected chi connectivity index (χ2v) is 5.90. The number of carbonyl (C=O) groups is 3. The summed E-state index contributed by atoms with van der Waals surface area (Å²) in [5.74, 6) is -0.246. The summed E-state index contributed by atoms with van der Waals surface area (Å²) >= 11 is 0. The predicted octanol–water partition coefficient (Wildman–Crippen LogP) is 1.28. The third-order valence-corrected chi connectivity index (χ3v) is 4.07. The topological polar surface area (TPSA) is 57.7 Å². The van der Waals surface area contributed by atoms with Gasteiger partial charge in [-0.05, 0) is 26.0 Å². The highest BCUT2D eigenvalue weighted by molar-refractivity contribution is 6.03. The standard InChI is InChI=1S/C16H18N2O3/c1-10-5-11(2)7-12(6-10)16(21)17-8-13(9-17)18-14(19)3-4-15(18)20/h5-7,13H,3-4,8-9H2,1-2H3. The van der Waals surface area contributed by atoms with Crippen molar-refractivity contribution in [2.24, 2.45) is 0 Å². The van der Waals surface area contributed by atoms with Crippen molar-refractivity contribution < 1.29 is 14.4 Å². The molecule has 0 bridgehead atoms. The second-order valence-electron chi connectivity index (χ2n) is 5.90. The average molecular weight is 286 g/mol. The maximum absolute atomic E-state index is 12.4. The van der Waals surface area contributed by atoms with E-state index in [0.717, 1.165) is 11.1 Å². The Labute approximate surface area is 123 Å². The molecular formula is C16H18N2O3. The number of hydrogen-bond donors (Lipinski definition) is 0. The Kier molecular flexibility index (Phi) is 3.27. The van der Waals surface area contributed by atoms with Crippen LogP contribution < -0.4 is 0 Å². The number of likely N-dealkylation sites (tertiary alicyclic amines) is 2. The van der Waals surface area contributed by atoms with Gasteiger partial charge in [-0.15, -0.1) is 0 Å². The molecule has 21 heavy (non-hydrogen) atoms. The maximum Gasteiger partial charge on any atom is 0.254 e. The van der Waals surface area contributed by atoms with Gasteiger partial charge in [-0.3, -0.25) is 19.3 Å². The minimum Gasteiger partial charge on any atom is -0.334 e. The van der Waals surface area contributed by atoms with Gasteiger partial charge in [-0.2, -0.15) is 0 Å². The molecule has 2 saturated heterocycles. The molecule has 0 aromatic heterocycles. The van der Waals surface area contributed by atoms with E-state index < -0.39 is 0 Å². The van der Waals surface area contributed by atoms with Gasteiger partial charge >= 0.3 is 0 Å². The van der Waals surface area contributed by atoms with E-state index in [1.165, 1.54) is 4.90 Å². The number of aryl methyl sites for hydroxylation is 2. The molecule has 0 aliphatic carbocycles. The van der Waals surface area contributed by atoms with Crippen molar-refractivity contribution in [3.05, 3.63) is 34.9 Å². The summed E-state index contributed by atoms with van der Waals surface area (Å²) < 4.78 is 0. The van der Waals surface area contributed by atoms with E-state index >= 15 is 0 Å². The minimum atomic E-state index is -0.137. The van der Waals surface area contributed by atoms with Crippen LogP contribution in [0.2, 0.25) is 0 Å². The largest absolute Gasteiger partial charge is 0.334 e. The lowest BCUT2D eigenvalue weighted by atomic mass is 10.0. The predicted molar refractivity (Wildman–Crippen MR) is 76.7 cm³/mol. The molecule has 2 heterocycles. The molecule has 0 N–H and O–H groups in total. The second kappa shape index (κ2) is 4.98. The lowest BCUT2D eigenvalue weighted by molar-refractivity contribution is -0.144. The van der Waals surface area contributed by atoms with Gasteiger partial charge in [0.1, 0.15) is 0 Å². The van der Waals surface area contributed by atoms with Crippen LogP contribution in [0.1, 0.15) is 34.3 Å². The van der Waals surface area contributed by atoms with Crippen molar-refractivity contribution in [1.29, 1.82) is 0 Å². The van der Waals surface area contributed by atoms with Gasteiger partial charge in [-0.1, -0.05) is 17.2 Å². The molecule has 3 amide bonds. The number of nitrogens with zero attached hydrogens (tertiary/aromatic N) is 2. The minimum absolute atomic E-state index is 0.0304. The van der Waals surface area contributed by atoms with Crippen LogP contribution in [0.3, 0.4) is 0 Å². The van der Waals surface area contributed by atoms with Crippen LogP contribution in [-0.4, -0.2) is 46.7 Å². The van der Waals surface area contributed by atoms with E-state index in [1.807, 2.05) is 32.0 Å². The molecule has 2 fully saturated rings. The monoisotopic (exact) mass is 286 g/mol. The Bertz CT molecular complexity index is 596. The lowest BCUT2D eigenvalue weighted by Gasteiger charge is -2.43. The summed E-state index contributed by atoms with van der Waals surface area (Å²) in [4.78, 5) is 38.7. The molecule has 110 valence electrons. The van der Waals surface area contributed by atoms with Gasteiger partial charge in [-0.25, -0.2) is 0 Å². The molecule has 0 unspecified atom stereocenters. The van der Waals surface area contributed by atoms with Crippen molar-refractivity contribution >= 4 is 17.7 Å². The summed E-state index contributed by atoms with van der Waals surface area (Å²) in [6.07, 6.45) is 0.612. The highest BCUT2D eigenvalue weighted by Gasteiger charge is 2.42. The van der Waals surface area contributed by atoms with Gasteiger partial charge in [0, 0.05) is 31.5 Å². The average Bonchev–Trinajstić information content (AvgIpc) is 2.67. The zero-order chi connectivity index (χ0) is 15.1. The summed E-state index contributed by atoms with van der Waals surface area (Å²) in [6.45, 7) is 4.82. The Morgan fingerprint density at radius 1 is 1.00 bits per heavy atom. The van der Waals surface area contributed by atoms with E-state index in [4.69, 9.17) is 0 Å². The molecule has 2 aliphatic heterocycles. The van der Waals surface area contributed by atoms with Crippen molar-refractivity contribution in [1.82, 2.24) is 9.80 Å². The van der Waals surface area contributed by atoms with Crippen molar-refractivity contribution in [2.75, 3.05) is 13.1 Å². The third-order valence-electron chi connectivity index (χ3n) is 4.07. The van der Waals surface area contributed by atoms with Crippen molar-refractivity contribution in [2.45, 2.75) is 32.7 Å². The van der Waals surface area contributed by atoms with Crippen LogP contribution in [0.25, 0.3) is 0 Å². The van der Waals surface area contributed by atoms with Crippen LogP contribution in [0.4, 0.5) is 0 Å². The fourth-order valence-corrected chi connectivity index (χ4v) is 3.07. The molecule has 3 rings (SSSR count). The smallest absolute Gasteiger partial charge is 0.254 e. The van der Waals surface area contributed by atoms with E-state index in [-0.39, 0.29) is 23.8 Å². The Morgan fingerprint density at radius 2 is 1.52 bits per heavy atom. The molecular weight excluding hydrogens is 268 g/mol. The highest BCUT2D eigenvalue weighted by Crippen LogP contribution is 2.24. The molecule has 0 saturated carbocycles. The van der Waals surface area contributed by atoms with Crippen LogP contribution in [0, 0.1) is 13.8 Å². The van der Waals surface area contributed by atoms with E-state index in [0.29, 0.717) is 31.5 Å². The molecule has 1 aromatic carbocycles. The molecule has 0 spiro atoms. The lowest BCUT2D eigenvalue weighted by Crippen LogP contribution is -2.62. The zero-order valence-electron chi connectivity index (χ0n) is 12.3. The van der Waals surface area contributed by atoms with E-state index in [2.05, 4.69) is 0 Å². The van der Waals surface area contributed by atoms with Gasteiger partial charge in [0.15, 0.2) is 0 Å². The van der Waals surface area contributed by atoms with Gasteiger partial charge in [0.2, 0.25) is 11.8 Å². The number of hydrogen-bond acceptors (Lipinski definition) is 3. The number of rotatable bonds is 2. The first-order valence-corrected chi connectivity index (χ1v) is 7.18. The number of carbonyl (C=O) groups excluding carboxylic acids is 3. The van der Waals surface area contributed by atoms with Crippen molar-refractivity contribution in [3.63, 3.8) is 0 Å². The maximum atomic E-state index is 12.4. The molecule has 0 radical (unpaired) electrons. The fraction of sp³-hybridized carbons (Fsp3) is 0.438. The number of imide groups is 1. The first kappa shape index (κ1) is 13.8. The van der Waals surface area contributed by atoms with Gasteiger partial charge in [0.05, 0.1) is 6.04 Å². The Balaban J connectivity index is 1.67. The van der Waals surface area contributed by atoms with Crippen molar-refractivity contribution in [3.8, 4) is 0 Å². The summed E-state index contributed by atoms with van der Waals surface area (Å²) in [5, 5.41) is 0. The molecule has 1 aromatic rings. The Morgan fingerprint density at radius 3 is 2.05 bits per heavy atom. The van der Waals surface area contributed by atoms with Gasteiger partial charge < -0.3 is 4.90 Å². The third kappa shape index (κ3) is 2.44. The molecule has 5 nitrogen and oxygen atoms in total. The first-order chi connectivity index (χ1) is 9.95. The van der Waals surface area contributed by atoms with Crippen LogP contribution in [-0.2, 0) is 9.59 Å². The number of amides is 3. The fourth-order valence-electron chi connectivity index (χ4n) is 3.07. The zero-order valence-corrected chi connectivity index (χ0v) is 12.3. The molecule has 2 aliphatic rings. The van der Waals surface area contributed by atoms with E-state index in [1.54, 1.807) is 4.90 Å².